The van der Waals surface area contributed by atoms with Crippen molar-refractivity contribution >= 4 is 34.1 Å². The van der Waals surface area contributed by atoms with Gasteiger partial charge in [-0.15, -0.1) is 0 Å². The highest BCUT2D eigenvalue weighted by Crippen LogP contribution is 2.30. The Bertz CT molecular complexity index is 1060. The van der Waals surface area contributed by atoms with Crippen molar-refractivity contribution in [2.75, 3.05) is 14.2 Å². The van der Waals surface area contributed by atoms with Crippen LogP contribution < -0.4 is 20.7 Å². The van der Waals surface area contributed by atoms with Gasteiger partial charge in [0.1, 0.15) is 0 Å². The van der Waals surface area contributed by atoms with Crippen LogP contribution in [0.1, 0.15) is 0 Å². The molecule has 0 saturated heterocycles. The predicted octanol–water partition coefficient (Wildman–Crippen LogP) is 3.00. The molecule has 0 amide bonds. The fourth-order valence-corrected chi connectivity index (χ4v) is 2.69. The zero-order valence-corrected chi connectivity index (χ0v) is 14.2. The number of aromatic amines is 1. The summed E-state index contributed by atoms with van der Waals surface area (Å²) >= 11 is 11.9. The first-order valence-electron chi connectivity index (χ1n) is 6.82. The molecule has 0 spiro atoms. The first kappa shape index (κ1) is 16.4. The van der Waals surface area contributed by atoms with Crippen LogP contribution in [0.2, 0.25) is 10.0 Å². The standard InChI is InChI=1S/C16H12Cl2N2O4/c1-23-13-6-9-12(7-14(13)24-2)19-16(22)20(15(9)21)8-3-4-10(17)11(18)5-8/h3-7H,1-2H3,(H,19,22). The summed E-state index contributed by atoms with van der Waals surface area (Å²) in [5.74, 6) is 0.794. The molecule has 0 radical (unpaired) electrons. The SMILES string of the molecule is COc1cc2[nH]c(=O)n(-c3ccc(Cl)c(Cl)c3)c(=O)c2cc1OC. The van der Waals surface area contributed by atoms with Crippen LogP contribution in [0.5, 0.6) is 11.5 Å². The summed E-state index contributed by atoms with van der Waals surface area (Å²) in [7, 11) is 2.94. The third-order valence-corrected chi connectivity index (χ3v) is 4.30. The Morgan fingerprint density at radius 3 is 2.25 bits per heavy atom. The molecule has 0 aliphatic heterocycles. The summed E-state index contributed by atoms with van der Waals surface area (Å²) in [6, 6.07) is 7.56. The molecule has 2 aromatic carbocycles. The molecule has 0 aliphatic rings. The molecule has 0 unspecified atom stereocenters. The summed E-state index contributed by atoms with van der Waals surface area (Å²) in [5, 5.41) is 0.850. The second-order valence-electron chi connectivity index (χ2n) is 4.92. The third kappa shape index (κ3) is 2.64. The maximum atomic E-state index is 12.8. The van der Waals surface area contributed by atoms with E-state index in [0.717, 1.165) is 4.57 Å². The maximum Gasteiger partial charge on any atom is 0.333 e. The van der Waals surface area contributed by atoms with Crippen LogP contribution in [0.4, 0.5) is 0 Å². The number of ether oxygens (including phenoxy) is 2. The van der Waals surface area contributed by atoms with Crippen molar-refractivity contribution < 1.29 is 9.47 Å². The van der Waals surface area contributed by atoms with E-state index in [0.29, 0.717) is 27.7 Å². The monoisotopic (exact) mass is 366 g/mol. The van der Waals surface area contributed by atoms with Gasteiger partial charge in [0.15, 0.2) is 11.5 Å². The molecule has 0 bridgehead atoms. The van der Waals surface area contributed by atoms with Crippen LogP contribution in [0.25, 0.3) is 16.6 Å². The third-order valence-electron chi connectivity index (χ3n) is 3.56. The second kappa shape index (κ2) is 6.22. The molecule has 24 heavy (non-hydrogen) atoms. The molecule has 1 aromatic heterocycles. The highest BCUT2D eigenvalue weighted by molar-refractivity contribution is 6.42. The van der Waals surface area contributed by atoms with Gasteiger partial charge >= 0.3 is 5.69 Å². The maximum absolute atomic E-state index is 12.8. The molecule has 124 valence electrons. The number of fused-ring (bicyclic) bond motifs is 1. The molecule has 0 aliphatic carbocycles. The van der Waals surface area contributed by atoms with Gasteiger partial charge in [-0.1, -0.05) is 23.2 Å². The minimum atomic E-state index is -0.599. The van der Waals surface area contributed by atoms with Gasteiger partial charge in [-0.05, 0) is 24.3 Å². The van der Waals surface area contributed by atoms with Crippen LogP contribution in [-0.2, 0) is 0 Å². The summed E-state index contributed by atoms with van der Waals surface area (Å²) in [4.78, 5) is 27.8. The van der Waals surface area contributed by atoms with E-state index in [1.54, 1.807) is 0 Å². The molecule has 0 saturated carbocycles. The Morgan fingerprint density at radius 1 is 0.958 bits per heavy atom. The van der Waals surface area contributed by atoms with E-state index >= 15 is 0 Å². The van der Waals surface area contributed by atoms with Crippen LogP contribution >= 0.6 is 23.2 Å². The number of nitrogens with one attached hydrogen (secondary N) is 1. The van der Waals surface area contributed by atoms with Crippen molar-refractivity contribution in [2.45, 2.75) is 0 Å². The fourth-order valence-electron chi connectivity index (χ4n) is 2.40. The van der Waals surface area contributed by atoms with Crippen molar-refractivity contribution in [3.8, 4) is 17.2 Å². The first-order valence-corrected chi connectivity index (χ1v) is 7.58. The number of hydrogen-bond acceptors (Lipinski definition) is 4. The van der Waals surface area contributed by atoms with E-state index in [9.17, 15) is 9.59 Å². The van der Waals surface area contributed by atoms with Gasteiger partial charge in [0.2, 0.25) is 0 Å². The summed E-state index contributed by atoms with van der Waals surface area (Å²) < 4.78 is 11.4. The lowest BCUT2D eigenvalue weighted by atomic mass is 10.2. The highest BCUT2D eigenvalue weighted by atomic mass is 35.5. The number of nitrogens with zero attached hydrogens (tertiary/aromatic N) is 1. The predicted molar refractivity (Wildman–Crippen MR) is 93.3 cm³/mol. The largest absolute Gasteiger partial charge is 0.493 e. The normalized spacial score (nSPS) is 10.8. The van der Waals surface area contributed by atoms with Crippen molar-refractivity contribution in [1.29, 1.82) is 0 Å². The lowest BCUT2D eigenvalue weighted by Gasteiger charge is -2.11. The smallest absolute Gasteiger partial charge is 0.333 e. The average Bonchev–Trinajstić information content (AvgIpc) is 2.57. The van der Waals surface area contributed by atoms with E-state index in [4.69, 9.17) is 32.7 Å². The molecule has 3 aromatic rings. The molecular weight excluding hydrogens is 355 g/mol. The molecule has 8 heteroatoms. The average molecular weight is 367 g/mol. The minimum absolute atomic E-state index is 0.243. The lowest BCUT2D eigenvalue weighted by molar-refractivity contribution is 0.355. The summed E-state index contributed by atoms with van der Waals surface area (Å²) in [6.45, 7) is 0. The Labute approximate surface area is 146 Å². The van der Waals surface area contributed by atoms with Gasteiger partial charge in [0, 0.05) is 6.07 Å². The van der Waals surface area contributed by atoms with Gasteiger partial charge in [0.25, 0.3) is 5.56 Å². The number of rotatable bonds is 3. The lowest BCUT2D eigenvalue weighted by Crippen LogP contribution is -2.33. The molecule has 0 atom stereocenters. The Balaban J connectivity index is 2.36. The van der Waals surface area contributed by atoms with Gasteiger partial charge in [-0.25, -0.2) is 9.36 Å². The van der Waals surface area contributed by atoms with Crippen molar-refractivity contribution in [3.05, 3.63) is 61.2 Å². The number of H-pyrrole nitrogens is 1. The van der Waals surface area contributed by atoms with E-state index in [-0.39, 0.29) is 10.4 Å². The topological polar surface area (TPSA) is 73.3 Å². The van der Waals surface area contributed by atoms with Gasteiger partial charge in [-0.2, -0.15) is 0 Å². The van der Waals surface area contributed by atoms with Crippen LogP contribution in [0.15, 0.2) is 39.9 Å². The molecule has 6 nitrogen and oxygen atoms in total. The number of hydrogen-bond donors (Lipinski definition) is 1. The van der Waals surface area contributed by atoms with Crippen molar-refractivity contribution in [2.24, 2.45) is 0 Å². The fraction of sp³-hybridized carbons (Fsp3) is 0.125. The number of halogens is 2. The molecule has 0 fully saturated rings. The molecule has 1 heterocycles. The van der Waals surface area contributed by atoms with Gasteiger partial charge in [-0.3, -0.25) is 4.79 Å². The molecular formula is C16H12Cl2N2O4. The molecule has 3 rings (SSSR count). The van der Waals surface area contributed by atoms with Crippen molar-refractivity contribution in [3.63, 3.8) is 0 Å². The highest BCUT2D eigenvalue weighted by Gasteiger charge is 2.14. The van der Waals surface area contributed by atoms with Crippen LogP contribution in [0.3, 0.4) is 0 Å². The van der Waals surface area contributed by atoms with E-state index < -0.39 is 11.2 Å². The van der Waals surface area contributed by atoms with E-state index in [2.05, 4.69) is 4.98 Å². The van der Waals surface area contributed by atoms with Crippen molar-refractivity contribution in [1.82, 2.24) is 9.55 Å². The Kier molecular flexibility index (Phi) is 4.26. The Morgan fingerprint density at radius 2 is 1.62 bits per heavy atom. The van der Waals surface area contributed by atoms with E-state index in [1.165, 1.54) is 44.6 Å². The number of methoxy groups -OCH3 is 2. The summed E-state index contributed by atoms with van der Waals surface area (Å²) in [5.41, 5.74) is -0.447. The minimum Gasteiger partial charge on any atom is -0.493 e. The second-order valence-corrected chi connectivity index (χ2v) is 5.74. The Hall–Kier alpha value is -2.44. The zero-order valence-electron chi connectivity index (χ0n) is 12.7. The van der Waals surface area contributed by atoms with Gasteiger partial charge < -0.3 is 14.5 Å². The quantitative estimate of drug-likeness (QED) is 0.773. The first-order chi connectivity index (χ1) is 11.5. The number of aromatic nitrogens is 2. The zero-order chi connectivity index (χ0) is 17.4. The van der Waals surface area contributed by atoms with Gasteiger partial charge in [0.05, 0.1) is 40.9 Å². The van der Waals surface area contributed by atoms with Crippen LogP contribution in [0, 0.1) is 0 Å². The number of benzene rings is 2. The molecule has 1 N–H and O–H groups in total. The summed E-state index contributed by atoms with van der Waals surface area (Å²) in [6.07, 6.45) is 0. The van der Waals surface area contributed by atoms with Crippen LogP contribution in [-0.4, -0.2) is 23.8 Å². The van der Waals surface area contributed by atoms with E-state index in [1.807, 2.05) is 0 Å².